The number of hydrogen-bond donors (Lipinski definition) is 0. The van der Waals surface area contributed by atoms with Crippen LogP contribution in [0.5, 0.6) is 5.75 Å². The molecule has 144 valence electrons. The predicted molar refractivity (Wildman–Crippen MR) is 104 cm³/mol. The highest BCUT2D eigenvalue weighted by molar-refractivity contribution is 7.17. The standard InChI is InChI=1S/C20H24N2O4S/c1-13-5-4-10-22(11-13)17(23)12-26-20(24)18-14(2)21-19(27-18)15-6-8-16(25-3)9-7-15/h6-9,13H,4-5,10-12H2,1-3H3/t13-/m1/s1. The Morgan fingerprint density at radius 3 is 2.70 bits per heavy atom. The quantitative estimate of drug-likeness (QED) is 0.733. The number of thiazole rings is 1. The number of nitrogens with zero attached hydrogens (tertiary/aromatic N) is 2. The lowest BCUT2D eigenvalue weighted by Gasteiger charge is -2.30. The minimum Gasteiger partial charge on any atom is -0.497 e. The summed E-state index contributed by atoms with van der Waals surface area (Å²) < 4.78 is 10.4. The fourth-order valence-electron chi connectivity index (χ4n) is 3.14. The largest absolute Gasteiger partial charge is 0.497 e. The first-order valence-electron chi connectivity index (χ1n) is 9.04. The first kappa shape index (κ1) is 19.4. The van der Waals surface area contributed by atoms with Crippen molar-refractivity contribution in [2.24, 2.45) is 5.92 Å². The average molecular weight is 388 g/mol. The van der Waals surface area contributed by atoms with Gasteiger partial charge in [-0.25, -0.2) is 9.78 Å². The Hall–Kier alpha value is -2.41. The molecule has 2 heterocycles. The van der Waals surface area contributed by atoms with Gasteiger partial charge < -0.3 is 14.4 Å². The molecule has 1 aliphatic heterocycles. The molecular weight excluding hydrogens is 364 g/mol. The van der Waals surface area contributed by atoms with Crippen LogP contribution in [0.25, 0.3) is 10.6 Å². The van der Waals surface area contributed by atoms with Crippen molar-refractivity contribution >= 4 is 23.2 Å². The van der Waals surface area contributed by atoms with Crippen molar-refractivity contribution in [3.63, 3.8) is 0 Å². The third-order valence-corrected chi connectivity index (χ3v) is 5.84. The zero-order valence-electron chi connectivity index (χ0n) is 15.9. The van der Waals surface area contributed by atoms with Crippen LogP contribution in [-0.4, -0.2) is 48.6 Å². The minimum atomic E-state index is -0.497. The fraction of sp³-hybridized carbons (Fsp3) is 0.450. The van der Waals surface area contributed by atoms with Crippen molar-refractivity contribution in [1.82, 2.24) is 9.88 Å². The number of piperidine rings is 1. The maximum absolute atomic E-state index is 12.4. The molecular formula is C20H24N2O4S. The normalized spacial score (nSPS) is 16.9. The van der Waals surface area contributed by atoms with Crippen molar-refractivity contribution in [3.8, 4) is 16.3 Å². The van der Waals surface area contributed by atoms with Gasteiger partial charge in [0.15, 0.2) is 6.61 Å². The highest BCUT2D eigenvalue weighted by Crippen LogP contribution is 2.29. The summed E-state index contributed by atoms with van der Waals surface area (Å²) in [6.45, 7) is 5.15. The van der Waals surface area contributed by atoms with Gasteiger partial charge in [-0.1, -0.05) is 6.92 Å². The summed E-state index contributed by atoms with van der Waals surface area (Å²) in [7, 11) is 1.61. The number of hydrogen-bond acceptors (Lipinski definition) is 6. The molecule has 1 aromatic heterocycles. The first-order valence-corrected chi connectivity index (χ1v) is 9.86. The topological polar surface area (TPSA) is 68.7 Å². The number of aromatic nitrogens is 1. The number of amides is 1. The maximum Gasteiger partial charge on any atom is 0.350 e. The van der Waals surface area contributed by atoms with E-state index in [1.165, 1.54) is 11.3 Å². The van der Waals surface area contributed by atoms with Gasteiger partial charge in [0, 0.05) is 18.7 Å². The molecule has 6 nitrogen and oxygen atoms in total. The monoisotopic (exact) mass is 388 g/mol. The highest BCUT2D eigenvalue weighted by Gasteiger charge is 2.23. The van der Waals surface area contributed by atoms with Gasteiger partial charge in [-0.3, -0.25) is 4.79 Å². The first-order chi connectivity index (χ1) is 13.0. The zero-order valence-corrected chi connectivity index (χ0v) is 16.7. The molecule has 1 amide bonds. The summed E-state index contributed by atoms with van der Waals surface area (Å²) >= 11 is 1.27. The molecule has 1 aromatic carbocycles. The van der Waals surface area contributed by atoms with Crippen molar-refractivity contribution in [2.45, 2.75) is 26.7 Å². The van der Waals surface area contributed by atoms with Crippen LogP contribution >= 0.6 is 11.3 Å². The summed E-state index contributed by atoms with van der Waals surface area (Å²) in [6, 6.07) is 7.49. The molecule has 0 N–H and O–H groups in total. The molecule has 3 rings (SSSR count). The SMILES string of the molecule is COc1ccc(-c2nc(C)c(C(=O)OCC(=O)N3CCC[C@@H](C)C3)s2)cc1. The summed E-state index contributed by atoms with van der Waals surface area (Å²) in [6.07, 6.45) is 2.14. The van der Waals surface area contributed by atoms with Gasteiger partial charge >= 0.3 is 5.97 Å². The van der Waals surface area contributed by atoms with Crippen LogP contribution in [0.3, 0.4) is 0 Å². The second-order valence-electron chi connectivity index (χ2n) is 6.83. The van der Waals surface area contributed by atoms with Gasteiger partial charge in [0.2, 0.25) is 0 Å². The molecule has 0 radical (unpaired) electrons. The lowest BCUT2D eigenvalue weighted by molar-refractivity contribution is -0.136. The van der Waals surface area contributed by atoms with Gasteiger partial charge in [0.1, 0.15) is 15.6 Å². The molecule has 0 aliphatic carbocycles. The smallest absolute Gasteiger partial charge is 0.350 e. The molecule has 1 saturated heterocycles. The van der Waals surface area contributed by atoms with Gasteiger partial charge in [-0.15, -0.1) is 11.3 Å². The number of benzene rings is 1. The van der Waals surface area contributed by atoms with Crippen LogP contribution in [0.4, 0.5) is 0 Å². The Morgan fingerprint density at radius 1 is 1.30 bits per heavy atom. The molecule has 1 fully saturated rings. The summed E-state index contributed by atoms with van der Waals surface area (Å²) in [5.41, 5.74) is 1.51. The highest BCUT2D eigenvalue weighted by atomic mass is 32.1. The number of methoxy groups -OCH3 is 1. The van der Waals surface area contributed by atoms with E-state index in [1.54, 1.807) is 18.9 Å². The Morgan fingerprint density at radius 2 is 2.04 bits per heavy atom. The average Bonchev–Trinajstić information content (AvgIpc) is 3.07. The molecule has 0 spiro atoms. The molecule has 1 atom stereocenters. The molecule has 1 aliphatic rings. The second-order valence-corrected chi connectivity index (χ2v) is 7.82. The van der Waals surface area contributed by atoms with E-state index < -0.39 is 5.97 Å². The number of carbonyl (C=O) groups is 2. The van der Waals surface area contributed by atoms with E-state index in [0.29, 0.717) is 16.5 Å². The van der Waals surface area contributed by atoms with Crippen molar-refractivity contribution in [1.29, 1.82) is 0 Å². The van der Waals surface area contributed by atoms with Gasteiger partial charge in [0.25, 0.3) is 5.91 Å². The number of aryl methyl sites for hydroxylation is 1. The summed E-state index contributed by atoms with van der Waals surface area (Å²) in [5, 5.41) is 0.735. The van der Waals surface area contributed by atoms with E-state index in [2.05, 4.69) is 11.9 Å². The lowest BCUT2D eigenvalue weighted by atomic mass is 10.0. The fourth-order valence-corrected chi connectivity index (χ4v) is 4.11. The maximum atomic E-state index is 12.4. The number of esters is 1. The minimum absolute atomic E-state index is 0.132. The van der Waals surface area contributed by atoms with E-state index >= 15 is 0 Å². The molecule has 27 heavy (non-hydrogen) atoms. The number of ether oxygens (including phenoxy) is 2. The third kappa shape index (κ3) is 4.66. The van der Waals surface area contributed by atoms with Crippen LogP contribution in [0, 0.1) is 12.8 Å². The lowest BCUT2D eigenvalue weighted by Crippen LogP contribution is -2.41. The number of likely N-dealkylation sites (tertiary alicyclic amines) is 1. The third-order valence-electron chi connectivity index (χ3n) is 4.66. The van der Waals surface area contributed by atoms with Crippen molar-refractivity contribution in [3.05, 3.63) is 34.8 Å². The van der Waals surface area contributed by atoms with Gasteiger partial charge in [-0.2, -0.15) is 0 Å². The van der Waals surface area contributed by atoms with E-state index in [1.807, 2.05) is 24.3 Å². The Kier molecular flexibility index (Phi) is 6.11. The van der Waals surface area contributed by atoms with Crippen LogP contribution in [0.15, 0.2) is 24.3 Å². The Balaban J connectivity index is 1.63. The molecule has 2 aromatic rings. The summed E-state index contributed by atoms with van der Waals surface area (Å²) in [4.78, 5) is 31.4. The van der Waals surface area contributed by atoms with Crippen molar-refractivity contribution in [2.75, 3.05) is 26.8 Å². The predicted octanol–water partition coefficient (Wildman–Crippen LogP) is 3.54. The Bertz CT molecular complexity index is 816. The summed E-state index contributed by atoms with van der Waals surface area (Å²) in [5.74, 6) is 0.627. The van der Waals surface area contributed by atoms with Crippen molar-refractivity contribution < 1.29 is 19.1 Å². The van der Waals surface area contributed by atoms with Crippen LogP contribution < -0.4 is 4.74 Å². The van der Waals surface area contributed by atoms with Crippen LogP contribution in [0.1, 0.15) is 35.1 Å². The molecule has 0 saturated carbocycles. The van der Waals surface area contributed by atoms with Crippen LogP contribution in [-0.2, 0) is 9.53 Å². The molecule has 0 unspecified atom stereocenters. The number of carbonyl (C=O) groups excluding carboxylic acids is 2. The molecule has 7 heteroatoms. The second kappa shape index (κ2) is 8.52. The zero-order chi connectivity index (χ0) is 19.4. The van der Waals surface area contributed by atoms with E-state index in [9.17, 15) is 9.59 Å². The van der Waals surface area contributed by atoms with Gasteiger partial charge in [0.05, 0.1) is 12.8 Å². The van der Waals surface area contributed by atoms with E-state index in [4.69, 9.17) is 9.47 Å². The Labute approximate surface area is 163 Å². The van der Waals surface area contributed by atoms with E-state index in [-0.39, 0.29) is 12.5 Å². The van der Waals surface area contributed by atoms with E-state index in [0.717, 1.165) is 42.3 Å². The van der Waals surface area contributed by atoms with Gasteiger partial charge in [-0.05, 0) is 49.9 Å². The number of rotatable bonds is 5. The molecule has 0 bridgehead atoms. The van der Waals surface area contributed by atoms with Crippen LogP contribution in [0.2, 0.25) is 0 Å².